The molecule has 41 heavy (non-hydrogen) atoms. The van der Waals surface area contributed by atoms with E-state index in [0.29, 0.717) is 0 Å². The molecule has 0 amide bonds. The molecule has 1 aliphatic carbocycles. The molecule has 0 saturated carbocycles. The summed E-state index contributed by atoms with van der Waals surface area (Å²) in [5.41, 5.74) is 9.18. The van der Waals surface area contributed by atoms with Crippen molar-refractivity contribution in [2.24, 2.45) is 0 Å². The minimum atomic E-state index is -0.0524. The summed E-state index contributed by atoms with van der Waals surface area (Å²) in [6.45, 7) is 4.57. The number of benzene rings is 2. The Balaban J connectivity index is 1.45. The van der Waals surface area contributed by atoms with Crippen molar-refractivity contribution in [3.63, 3.8) is 0 Å². The summed E-state index contributed by atoms with van der Waals surface area (Å²) in [6, 6.07) is 19.5. The summed E-state index contributed by atoms with van der Waals surface area (Å²) in [6.07, 6.45) is 19.7. The lowest BCUT2D eigenvalue weighted by molar-refractivity contribution is 0.400. The van der Waals surface area contributed by atoms with Crippen LogP contribution in [0.15, 0.2) is 79.4 Å². The number of pyridine rings is 1. The van der Waals surface area contributed by atoms with Crippen LogP contribution in [0, 0.1) is 0 Å². The lowest BCUT2D eigenvalue weighted by Crippen LogP contribution is -2.26. The maximum absolute atomic E-state index is 4.51. The maximum atomic E-state index is 4.51. The normalized spacial score (nSPS) is 13.3. The first-order valence-corrected chi connectivity index (χ1v) is 15.2. The van der Waals surface area contributed by atoms with Gasteiger partial charge >= 0.3 is 0 Å². The van der Waals surface area contributed by atoms with Crippen LogP contribution in [0.4, 0.5) is 0 Å². The molecule has 0 unspecified atom stereocenters. The first kappa shape index (κ1) is 27.1. The maximum Gasteiger partial charge on any atom is 0.131 e. The minimum absolute atomic E-state index is 0.0524. The molecular weight excluding hydrogens is 506 g/mol. The summed E-state index contributed by atoms with van der Waals surface area (Å²) in [7, 11) is 0. The van der Waals surface area contributed by atoms with Crippen LogP contribution in [0.2, 0.25) is 0 Å². The predicted molar refractivity (Wildman–Crippen MR) is 163 cm³/mol. The first-order chi connectivity index (χ1) is 20.2. The SMILES string of the molecule is CCCCCCC1(CCCCCC)c2cc(-n3ccnn3)ccc2-c2ccc(-n3cc(-c4ccccn4)nn3)cc21. The fourth-order valence-corrected chi connectivity index (χ4v) is 6.49. The van der Waals surface area contributed by atoms with E-state index in [9.17, 15) is 0 Å². The van der Waals surface area contributed by atoms with E-state index in [1.165, 1.54) is 73.6 Å². The zero-order valence-electron chi connectivity index (χ0n) is 24.2. The van der Waals surface area contributed by atoms with Gasteiger partial charge in [0.2, 0.25) is 0 Å². The minimum Gasteiger partial charge on any atom is -0.254 e. The average Bonchev–Trinajstić information content (AvgIpc) is 3.78. The molecule has 0 bridgehead atoms. The molecule has 7 heteroatoms. The Hall–Kier alpha value is -4.13. The molecule has 210 valence electrons. The Morgan fingerprint density at radius 1 is 0.659 bits per heavy atom. The molecule has 0 aliphatic heterocycles. The summed E-state index contributed by atoms with van der Waals surface area (Å²) in [5.74, 6) is 0. The van der Waals surface area contributed by atoms with E-state index in [1.54, 1.807) is 12.4 Å². The van der Waals surface area contributed by atoms with Gasteiger partial charge in [-0.05, 0) is 71.5 Å². The third kappa shape index (κ3) is 5.33. The van der Waals surface area contributed by atoms with Gasteiger partial charge in [-0.3, -0.25) is 4.98 Å². The fraction of sp³-hybridized carbons (Fsp3) is 0.382. The van der Waals surface area contributed by atoms with Crippen molar-refractivity contribution >= 4 is 0 Å². The summed E-state index contributed by atoms with van der Waals surface area (Å²) < 4.78 is 3.77. The second-order valence-electron chi connectivity index (χ2n) is 11.3. The second kappa shape index (κ2) is 12.2. The van der Waals surface area contributed by atoms with E-state index < -0.39 is 0 Å². The smallest absolute Gasteiger partial charge is 0.131 e. The van der Waals surface area contributed by atoms with Gasteiger partial charge in [0.25, 0.3) is 0 Å². The molecule has 0 N–H and O–H groups in total. The van der Waals surface area contributed by atoms with Crippen LogP contribution in [-0.2, 0) is 5.41 Å². The highest BCUT2D eigenvalue weighted by Crippen LogP contribution is 2.55. The number of nitrogens with zero attached hydrogens (tertiary/aromatic N) is 7. The van der Waals surface area contributed by atoms with Crippen LogP contribution < -0.4 is 0 Å². The number of hydrogen-bond donors (Lipinski definition) is 0. The Kier molecular flexibility index (Phi) is 8.03. The number of unbranched alkanes of at least 4 members (excludes halogenated alkanes) is 6. The third-order valence-corrected chi connectivity index (χ3v) is 8.61. The van der Waals surface area contributed by atoms with Crippen LogP contribution in [0.3, 0.4) is 0 Å². The number of hydrogen-bond acceptors (Lipinski definition) is 5. The average molecular weight is 546 g/mol. The predicted octanol–water partition coefficient (Wildman–Crippen LogP) is 8.12. The zero-order valence-corrected chi connectivity index (χ0v) is 24.2. The van der Waals surface area contributed by atoms with Crippen molar-refractivity contribution in [2.45, 2.75) is 83.5 Å². The lowest BCUT2D eigenvalue weighted by atomic mass is 9.70. The van der Waals surface area contributed by atoms with Gasteiger partial charge in [0, 0.05) is 11.6 Å². The Bertz CT molecular complexity index is 1560. The van der Waals surface area contributed by atoms with Crippen molar-refractivity contribution in [1.82, 2.24) is 35.0 Å². The molecule has 0 fully saturated rings. The van der Waals surface area contributed by atoms with Crippen LogP contribution in [0.5, 0.6) is 0 Å². The Morgan fingerprint density at radius 2 is 1.34 bits per heavy atom. The molecule has 3 aromatic heterocycles. The molecule has 2 aromatic carbocycles. The van der Waals surface area contributed by atoms with Crippen LogP contribution >= 0.6 is 0 Å². The molecular formula is C34H39N7. The molecule has 3 heterocycles. The summed E-state index contributed by atoms with van der Waals surface area (Å²) in [4.78, 5) is 4.46. The molecule has 0 spiro atoms. The Labute approximate surface area is 242 Å². The van der Waals surface area contributed by atoms with E-state index in [1.807, 2.05) is 40.0 Å². The van der Waals surface area contributed by atoms with E-state index in [4.69, 9.17) is 0 Å². The molecule has 1 aliphatic rings. The molecule has 0 saturated heterocycles. The quantitative estimate of drug-likeness (QED) is 0.140. The lowest BCUT2D eigenvalue weighted by Gasteiger charge is -2.33. The fourth-order valence-electron chi connectivity index (χ4n) is 6.49. The van der Waals surface area contributed by atoms with Gasteiger partial charge in [-0.1, -0.05) is 93.8 Å². The van der Waals surface area contributed by atoms with Crippen LogP contribution in [0.1, 0.15) is 89.2 Å². The molecule has 0 radical (unpaired) electrons. The monoisotopic (exact) mass is 545 g/mol. The third-order valence-electron chi connectivity index (χ3n) is 8.61. The van der Waals surface area contributed by atoms with Gasteiger partial charge < -0.3 is 0 Å². The molecule has 5 aromatic rings. The van der Waals surface area contributed by atoms with Gasteiger partial charge in [-0.15, -0.1) is 10.2 Å². The van der Waals surface area contributed by atoms with Crippen LogP contribution in [-0.4, -0.2) is 35.0 Å². The van der Waals surface area contributed by atoms with E-state index in [0.717, 1.165) is 35.6 Å². The van der Waals surface area contributed by atoms with Gasteiger partial charge in [0.15, 0.2) is 0 Å². The highest BCUT2D eigenvalue weighted by Gasteiger charge is 2.42. The van der Waals surface area contributed by atoms with Gasteiger partial charge in [0.1, 0.15) is 5.69 Å². The van der Waals surface area contributed by atoms with Crippen molar-refractivity contribution in [3.05, 3.63) is 90.5 Å². The highest BCUT2D eigenvalue weighted by atomic mass is 15.4. The van der Waals surface area contributed by atoms with Crippen molar-refractivity contribution in [2.75, 3.05) is 0 Å². The standard InChI is InChI=1S/C34H39N7/c1-3-5-7-10-18-34(19-11-8-6-4-2)30-23-26(40-22-21-36-38-40)14-16-28(30)29-17-15-27(24-31(29)34)41-25-33(37-39-41)32-13-9-12-20-35-32/h9,12-17,20-25H,3-8,10-11,18-19H2,1-2H3. The van der Waals surface area contributed by atoms with Crippen LogP contribution in [0.25, 0.3) is 33.9 Å². The van der Waals surface area contributed by atoms with Crippen molar-refractivity contribution in [3.8, 4) is 33.9 Å². The topological polar surface area (TPSA) is 74.3 Å². The zero-order chi connectivity index (χ0) is 28.1. The van der Waals surface area contributed by atoms with E-state index in [-0.39, 0.29) is 5.41 Å². The van der Waals surface area contributed by atoms with Gasteiger partial charge in [-0.25, -0.2) is 9.36 Å². The number of rotatable bonds is 13. The summed E-state index contributed by atoms with van der Waals surface area (Å²) >= 11 is 0. The summed E-state index contributed by atoms with van der Waals surface area (Å²) in [5, 5.41) is 17.3. The molecule has 7 nitrogen and oxygen atoms in total. The van der Waals surface area contributed by atoms with E-state index in [2.05, 4.69) is 75.9 Å². The van der Waals surface area contributed by atoms with Gasteiger partial charge in [0.05, 0.1) is 35.7 Å². The largest absolute Gasteiger partial charge is 0.254 e. The molecule has 6 rings (SSSR count). The molecule has 0 atom stereocenters. The number of aromatic nitrogens is 7. The highest BCUT2D eigenvalue weighted by molar-refractivity contribution is 5.83. The van der Waals surface area contributed by atoms with Crippen molar-refractivity contribution in [1.29, 1.82) is 0 Å². The Morgan fingerprint density at radius 3 is 1.93 bits per heavy atom. The second-order valence-corrected chi connectivity index (χ2v) is 11.3. The van der Waals surface area contributed by atoms with E-state index >= 15 is 0 Å². The van der Waals surface area contributed by atoms with Gasteiger partial charge in [-0.2, -0.15) is 0 Å². The first-order valence-electron chi connectivity index (χ1n) is 15.2. The van der Waals surface area contributed by atoms with Crippen molar-refractivity contribution < 1.29 is 0 Å². The number of fused-ring (bicyclic) bond motifs is 3.